The summed E-state index contributed by atoms with van der Waals surface area (Å²) in [6.07, 6.45) is 3.08. The van der Waals surface area contributed by atoms with Gasteiger partial charge >= 0.3 is 0 Å². The lowest BCUT2D eigenvalue weighted by Gasteiger charge is -2.26. The highest BCUT2D eigenvalue weighted by atomic mass is 16.5. The predicted molar refractivity (Wildman–Crippen MR) is 114 cm³/mol. The van der Waals surface area contributed by atoms with Gasteiger partial charge in [-0.2, -0.15) is 0 Å². The van der Waals surface area contributed by atoms with Gasteiger partial charge in [-0.3, -0.25) is 9.78 Å². The Hall–Kier alpha value is -3.21. The van der Waals surface area contributed by atoms with Crippen LogP contribution < -0.4 is 4.74 Å². The summed E-state index contributed by atoms with van der Waals surface area (Å²) in [5.74, 6) is 0.571. The van der Waals surface area contributed by atoms with Crippen LogP contribution in [0.5, 0.6) is 5.75 Å². The molecule has 0 unspecified atom stereocenters. The standard InChI is InChI=1S/C24H27N3O2/c1-17-6-8-18(9-7-17)24(2,3)19-10-12-21(13-11-19)29-16-20-14-25-15-22(26-20)23(28)27(4)5/h6-15H,16H2,1-5H3. The van der Waals surface area contributed by atoms with Gasteiger partial charge in [0.15, 0.2) is 0 Å². The third-order valence-corrected chi connectivity index (χ3v) is 5.05. The molecule has 5 nitrogen and oxygen atoms in total. The topological polar surface area (TPSA) is 55.3 Å². The Morgan fingerprint density at radius 2 is 1.55 bits per heavy atom. The molecule has 0 radical (unpaired) electrons. The van der Waals surface area contributed by atoms with Crippen molar-refractivity contribution < 1.29 is 9.53 Å². The van der Waals surface area contributed by atoms with Crippen LogP contribution >= 0.6 is 0 Å². The van der Waals surface area contributed by atoms with Crippen LogP contribution in [0, 0.1) is 6.92 Å². The van der Waals surface area contributed by atoms with Gasteiger partial charge in [-0.05, 0) is 30.2 Å². The molecule has 0 atom stereocenters. The zero-order chi connectivity index (χ0) is 21.0. The highest BCUT2D eigenvalue weighted by Gasteiger charge is 2.22. The average molecular weight is 389 g/mol. The van der Waals surface area contributed by atoms with E-state index in [1.165, 1.54) is 27.8 Å². The minimum absolute atomic E-state index is 0.0986. The number of hydrogen-bond donors (Lipinski definition) is 0. The second-order valence-corrected chi connectivity index (χ2v) is 7.90. The number of hydrogen-bond acceptors (Lipinski definition) is 4. The van der Waals surface area contributed by atoms with Crippen molar-refractivity contribution in [2.24, 2.45) is 0 Å². The zero-order valence-corrected chi connectivity index (χ0v) is 17.6. The molecule has 150 valence electrons. The SMILES string of the molecule is Cc1ccc(C(C)(C)c2ccc(OCc3cncc(C(=O)N(C)C)n3)cc2)cc1. The molecule has 0 N–H and O–H groups in total. The van der Waals surface area contributed by atoms with Crippen LogP contribution in [0.25, 0.3) is 0 Å². The van der Waals surface area contributed by atoms with E-state index in [0.717, 1.165) is 5.75 Å². The second-order valence-electron chi connectivity index (χ2n) is 7.90. The molecule has 0 spiro atoms. The molecule has 29 heavy (non-hydrogen) atoms. The van der Waals surface area contributed by atoms with E-state index in [1.54, 1.807) is 20.3 Å². The molecule has 0 saturated heterocycles. The van der Waals surface area contributed by atoms with E-state index in [9.17, 15) is 4.79 Å². The normalized spacial score (nSPS) is 11.2. The first-order valence-corrected chi connectivity index (χ1v) is 9.60. The Labute approximate surface area is 172 Å². The van der Waals surface area contributed by atoms with Crippen molar-refractivity contribution in [2.45, 2.75) is 32.8 Å². The van der Waals surface area contributed by atoms with Crippen molar-refractivity contribution in [2.75, 3.05) is 14.1 Å². The summed E-state index contributed by atoms with van der Waals surface area (Å²) >= 11 is 0. The summed E-state index contributed by atoms with van der Waals surface area (Å²) in [4.78, 5) is 21.9. The Morgan fingerprint density at radius 1 is 0.966 bits per heavy atom. The summed E-state index contributed by atoms with van der Waals surface area (Å²) < 4.78 is 5.85. The molecule has 0 fully saturated rings. The zero-order valence-electron chi connectivity index (χ0n) is 17.6. The van der Waals surface area contributed by atoms with Gasteiger partial charge in [0.25, 0.3) is 5.91 Å². The fraction of sp³-hybridized carbons (Fsp3) is 0.292. The van der Waals surface area contributed by atoms with E-state index in [1.807, 2.05) is 12.1 Å². The maximum atomic E-state index is 12.0. The summed E-state index contributed by atoms with van der Waals surface area (Å²) in [7, 11) is 3.37. The molecule has 1 aromatic heterocycles. The first-order valence-electron chi connectivity index (χ1n) is 9.60. The number of carbonyl (C=O) groups is 1. The van der Waals surface area contributed by atoms with E-state index in [0.29, 0.717) is 11.4 Å². The highest BCUT2D eigenvalue weighted by molar-refractivity contribution is 5.91. The molecule has 0 aliphatic heterocycles. The van der Waals surface area contributed by atoms with Crippen LogP contribution in [-0.2, 0) is 12.0 Å². The van der Waals surface area contributed by atoms with Crippen molar-refractivity contribution >= 4 is 5.91 Å². The molecule has 1 amide bonds. The summed E-state index contributed by atoms with van der Waals surface area (Å²) in [6, 6.07) is 16.8. The third-order valence-electron chi connectivity index (χ3n) is 5.05. The van der Waals surface area contributed by atoms with Gasteiger partial charge in [0.1, 0.15) is 18.1 Å². The Morgan fingerprint density at radius 3 is 2.14 bits per heavy atom. The van der Waals surface area contributed by atoms with Crippen LogP contribution in [0.1, 0.15) is 46.7 Å². The number of aromatic nitrogens is 2. The fourth-order valence-corrected chi connectivity index (χ4v) is 3.07. The molecule has 0 aliphatic rings. The van der Waals surface area contributed by atoms with Crippen molar-refractivity contribution in [1.82, 2.24) is 14.9 Å². The number of aryl methyl sites for hydroxylation is 1. The maximum Gasteiger partial charge on any atom is 0.273 e. The number of rotatable bonds is 6. The lowest BCUT2D eigenvalue weighted by atomic mass is 9.78. The number of benzene rings is 2. The van der Waals surface area contributed by atoms with Gasteiger partial charge in [-0.15, -0.1) is 0 Å². The van der Waals surface area contributed by atoms with E-state index >= 15 is 0 Å². The summed E-state index contributed by atoms with van der Waals surface area (Å²) in [5, 5.41) is 0. The highest BCUT2D eigenvalue weighted by Crippen LogP contribution is 2.32. The number of ether oxygens (including phenoxy) is 1. The van der Waals surface area contributed by atoms with Crippen LogP contribution in [-0.4, -0.2) is 34.9 Å². The minimum atomic E-state index is -0.179. The third kappa shape index (κ3) is 4.80. The molecule has 5 heteroatoms. The summed E-state index contributed by atoms with van der Waals surface area (Å²) in [6.45, 7) is 6.79. The van der Waals surface area contributed by atoms with E-state index < -0.39 is 0 Å². The Kier molecular flexibility index (Phi) is 5.97. The molecule has 3 rings (SSSR count). The largest absolute Gasteiger partial charge is 0.487 e. The fourth-order valence-electron chi connectivity index (χ4n) is 3.07. The lowest BCUT2D eigenvalue weighted by molar-refractivity contribution is 0.0821. The Bertz CT molecular complexity index is 978. The van der Waals surface area contributed by atoms with E-state index in [-0.39, 0.29) is 17.9 Å². The monoisotopic (exact) mass is 389 g/mol. The summed E-state index contributed by atoms with van der Waals surface area (Å²) in [5.41, 5.74) is 4.57. The molecule has 1 heterocycles. The van der Waals surface area contributed by atoms with Gasteiger partial charge in [-0.25, -0.2) is 4.98 Å². The quantitative estimate of drug-likeness (QED) is 0.627. The molecule has 3 aromatic rings. The Balaban J connectivity index is 1.69. The van der Waals surface area contributed by atoms with Gasteiger partial charge in [0.05, 0.1) is 18.1 Å². The van der Waals surface area contributed by atoms with Crippen molar-refractivity contribution in [3.8, 4) is 5.75 Å². The smallest absolute Gasteiger partial charge is 0.273 e. The van der Waals surface area contributed by atoms with Gasteiger partial charge in [0, 0.05) is 19.5 Å². The van der Waals surface area contributed by atoms with Crippen molar-refractivity contribution in [1.29, 1.82) is 0 Å². The number of carbonyl (C=O) groups excluding carboxylic acids is 1. The van der Waals surface area contributed by atoms with Crippen LogP contribution in [0.4, 0.5) is 0 Å². The van der Waals surface area contributed by atoms with Gasteiger partial charge in [0.2, 0.25) is 0 Å². The molecular weight excluding hydrogens is 362 g/mol. The molecule has 0 saturated carbocycles. The van der Waals surface area contributed by atoms with Gasteiger partial charge < -0.3 is 9.64 Å². The predicted octanol–water partition coefficient (Wildman–Crippen LogP) is 4.39. The number of nitrogens with zero attached hydrogens (tertiary/aromatic N) is 3. The molecule has 0 bridgehead atoms. The lowest BCUT2D eigenvalue weighted by Crippen LogP contribution is -2.23. The number of amides is 1. The maximum absolute atomic E-state index is 12.0. The molecular formula is C24H27N3O2. The first kappa shape index (κ1) is 20.5. The van der Waals surface area contributed by atoms with Crippen molar-refractivity contribution in [3.05, 3.63) is 89.0 Å². The van der Waals surface area contributed by atoms with Crippen LogP contribution in [0.3, 0.4) is 0 Å². The van der Waals surface area contributed by atoms with E-state index in [4.69, 9.17) is 4.74 Å². The van der Waals surface area contributed by atoms with Crippen LogP contribution in [0.2, 0.25) is 0 Å². The molecule has 0 aliphatic carbocycles. The second kappa shape index (κ2) is 8.43. The van der Waals surface area contributed by atoms with Crippen molar-refractivity contribution in [3.63, 3.8) is 0 Å². The van der Waals surface area contributed by atoms with Crippen LogP contribution in [0.15, 0.2) is 60.9 Å². The van der Waals surface area contributed by atoms with E-state index in [2.05, 4.69) is 67.1 Å². The average Bonchev–Trinajstić information content (AvgIpc) is 2.72. The first-order chi connectivity index (χ1) is 13.8. The van der Waals surface area contributed by atoms with Gasteiger partial charge in [-0.1, -0.05) is 55.8 Å². The molecule has 2 aromatic carbocycles. The minimum Gasteiger partial charge on any atom is -0.487 e.